The molecule has 0 nitrogen and oxygen atoms in total. The Hall–Kier alpha value is -0.310. The molecule has 2 heterocycles. The van der Waals surface area contributed by atoms with E-state index >= 15 is 0 Å². The molecule has 0 atom stereocenters. The number of hydrogen-bond donors (Lipinski definition) is 0. The standard InChI is InChI=1S/C9H7ClS2/c1-6-7(5-9(10)12-6)8-3-2-4-11-8/h2-5H,1H3. The molecule has 62 valence electrons. The Morgan fingerprint density at radius 3 is 2.75 bits per heavy atom. The molecule has 0 fully saturated rings. The summed E-state index contributed by atoms with van der Waals surface area (Å²) in [4.78, 5) is 2.60. The van der Waals surface area contributed by atoms with Crippen LogP contribution >= 0.6 is 34.3 Å². The molecular weight excluding hydrogens is 208 g/mol. The Bertz CT molecular complexity index is 373. The van der Waals surface area contributed by atoms with E-state index < -0.39 is 0 Å². The number of thiophene rings is 2. The fourth-order valence-electron chi connectivity index (χ4n) is 1.12. The highest BCUT2D eigenvalue weighted by atomic mass is 35.5. The third-order valence-electron chi connectivity index (χ3n) is 1.67. The van der Waals surface area contributed by atoms with Crippen LogP contribution in [-0.4, -0.2) is 0 Å². The van der Waals surface area contributed by atoms with Gasteiger partial charge in [0.2, 0.25) is 0 Å². The minimum Gasteiger partial charge on any atom is -0.144 e. The summed E-state index contributed by atoms with van der Waals surface area (Å²) in [6.07, 6.45) is 0. The largest absolute Gasteiger partial charge is 0.144 e. The summed E-state index contributed by atoms with van der Waals surface area (Å²) in [5.41, 5.74) is 1.28. The lowest BCUT2D eigenvalue weighted by Crippen LogP contribution is -1.67. The first-order valence-electron chi connectivity index (χ1n) is 3.57. The molecule has 0 aromatic carbocycles. The van der Waals surface area contributed by atoms with Crippen molar-refractivity contribution in [3.05, 3.63) is 32.8 Å². The van der Waals surface area contributed by atoms with Crippen LogP contribution < -0.4 is 0 Å². The van der Waals surface area contributed by atoms with Crippen LogP contribution in [0.1, 0.15) is 4.88 Å². The average Bonchev–Trinajstić information content (AvgIpc) is 2.58. The summed E-state index contributed by atoms with van der Waals surface area (Å²) in [6.45, 7) is 2.10. The minimum absolute atomic E-state index is 0.871. The predicted octanol–water partition coefficient (Wildman–Crippen LogP) is 4.44. The molecule has 0 aliphatic rings. The van der Waals surface area contributed by atoms with Crippen molar-refractivity contribution in [1.29, 1.82) is 0 Å². The maximum atomic E-state index is 5.91. The van der Waals surface area contributed by atoms with Crippen LogP contribution in [-0.2, 0) is 0 Å². The number of hydrogen-bond acceptors (Lipinski definition) is 2. The van der Waals surface area contributed by atoms with Crippen LogP contribution in [0.3, 0.4) is 0 Å². The summed E-state index contributed by atoms with van der Waals surface area (Å²) < 4.78 is 0.871. The maximum absolute atomic E-state index is 5.91. The Morgan fingerprint density at radius 1 is 1.42 bits per heavy atom. The Labute approximate surface area is 84.4 Å². The topological polar surface area (TPSA) is 0 Å². The first kappa shape index (κ1) is 8.30. The van der Waals surface area contributed by atoms with Gasteiger partial charge in [-0.3, -0.25) is 0 Å². The zero-order valence-electron chi connectivity index (χ0n) is 6.50. The van der Waals surface area contributed by atoms with Gasteiger partial charge in [0.05, 0.1) is 4.34 Å². The van der Waals surface area contributed by atoms with Crippen LogP contribution in [0.4, 0.5) is 0 Å². The molecule has 0 saturated heterocycles. The van der Waals surface area contributed by atoms with Gasteiger partial charge >= 0.3 is 0 Å². The van der Waals surface area contributed by atoms with E-state index in [1.54, 1.807) is 22.7 Å². The van der Waals surface area contributed by atoms with Crippen molar-refractivity contribution in [2.75, 3.05) is 0 Å². The Kier molecular flexibility index (Phi) is 2.22. The molecule has 0 amide bonds. The van der Waals surface area contributed by atoms with E-state index in [4.69, 9.17) is 11.6 Å². The average molecular weight is 215 g/mol. The first-order chi connectivity index (χ1) is 5.77. The van der Waals surface area contributed by atoms with E-state index in [2.05, 4.69) is 24.4 Å². The molecule has 0 N–H and O–H groups in total. The molecule has 0 aliphatic carbocycles. The highest BCUT2D eigenvalue weighted by molar-refractivity contribution is 7.17. The van der Waals surface area contributed by atoms with Gasteiger partial charge in [-0.15, -0.1) is 22.7 Å². The predicted molar refractivity (Wildman–Crippen MR) is 57.4 cm³/mol. The van der Waals surface area contributed by atoms with Crippen molar-refractivity contribution >= 4 is 34.3 Å². The third-order valence-corrected chi connectivity index (χ3v) is 3.76. The van der Waals surface area contributed by atoms with E-state index in [-0.39, 0.29) is 0 Å². The zero-order valence-corrected chi connectivity index (χ0v) is 8.89. The van der Waals surface area contributed by atoms with Crippen LogP contribution in [0.2, 0.25) is 4.34 Å². The lowest BCUT2D eigenvalue weighted by atomic mass is 10.2. The van der Waals surface area contributed by atoms with Crippen molar-refractivity contribution in [1.82, 2.24) is 0 Å². The monoisotopic (exact) mass is 214 g/mol. The quantitative estimate of drug-likeness (QED) is 0.659. The van der Waals surface area contributed by atoms with Crippen molar-refractivity contribution in [3.63, 3.8) is 0 Å². The van der Waals surface area contributed by atoms with Gasteiger partial charge in [0.1, 0.15) is 0 Å². The fourth-order valence-corrected chi connectivity index (χ4v) is 3.19. The molecule has 0 saturated carbocycles. The SMILES string of the molecule is Cc1sc(Cl)cc1-c1cccs1. The van der Waals surface area contributed by atoms with Crippen molar-refractivity contribution in [3.8, 4) is 10.4 Å². The Balaban J connectivity index is 2.54. The van der Waals surface area contributed by atoms with Crippen LogP contribution in [0, 0.1) is 6.92 Å². The van der Waals surface area contributed by atoms with Gasteiger partial charge < -0.3 is 0 Å². The molecule has 2 aromatic rings. The lowest BCUT2D eigenvalue weighted by molar-refractivity contribution is 1.63. The second-order valence-corrected chi connectivity index (χ2v) is 5.33. The summed E-state index contributed by atoms with van der Waals surface area (Å²) in [5, 5.41) is 2.08. The van der Waals surface area contributed by atoms with E-state index in [0.29, 0.717) is 0 Å². The number of aryl methyl sites for hydroxylation is 1. The minimum atomic E-state index is 0.871. The van der Waals surface area contributed by atoms with E-state index in [9.17, 15) is 0 Å². The second-order valence-electron chi connectivity index (χ2n) is 2.50. The first-order valence-corrected chi connectivity index (χ1v) is 5.64. The molecule has 0 bridgehead atoms. The van der Waals surface area contributed by atoms with Gasteiger partial charge in [0.15, 0.2) is 0 Å². The van der Waals surface area contributed by atoms with Gasteiger partial charge in [-0.2, -0.15) is 0 Å². The second kappa shape index (κ2) is 3.21. The summed E-state index contributed by atoms with van der Waals surface area (Å²) in [6, 6.07) is 6.22. The van der Waals surface area contributed by atoms with E-state index in [1.807, 2.05) is 6.07 Å². The lowest BCUT2D eigenvalue weighted by Gasteiger charge is -1.91. The highest BCUT2D eigenvalue weighted by Gasteiger charge is 2.06. The molecule has 2 rings (SSSR count). The molecule has 12 heavy (non-hydrogen) atoms. The maximum Gasteiger partial charge on any atom is 0.0937 e. The zero-order chi connectivity index (χ0) is 8.55. The van der Waals surface area contributed by atoms with E-state index in [1.165, 1.54) is 15.3 Å². The van der Waals surface area contributed by atoms with Gasteiger partial charge in [0, 0.05) is 15.3 Å². The fraction of sp³-hybridized carbons (Fsp3) is 0.111. The summed E-state index contributed by atoms with van der Waals surface area (Å²) >= 11 is 9.30. The van der Waals surface area contributed by atoms with Crippen molar-refractivity contribution in [2.45, 2.75) is 6.92 Å². The van der Waals surface area contributed by atoms with Crippen LogP contribution in [0.5, 0.6) is 0 Å². The third kappa shape index (κ3) is 1.42. The molecule has 0 radical (unpaired) electrons. The normalized spacial score (nSPS) is 10.5. The smallest absolute Gasteiger partial charge is 0.0937 e. The number of halogens is 1. The van der Waals surface area contributed by atoms with Crippen molar-refractivity contribution in [2.24, 2.45) is 0 Å². The molecule has 0 spiro atoms. The highest BCUT2D eigenvalue weighted by Crippen LogP contribution is 2.35. The number of rotatable bonds is 1. The van der Waals surface area contributed by atoms with Gasteiger partial charge in [0.25, 0.3) is 0 Å². The Morgan fingerprint density at radius 2 is 2.25 bits per heavy atom. The van der Waals surface area contributed by atoms with Gasteiger partial charge in [-0.1, -0.05) is 17.7 Å². The summed E-state index contributed by atoms with van der Waals surface area (Å²) in [5.74, 6) is 0. The molecule has 0 aliphatic heterocycles. The molecular formula is C9H7ClS2. The summed E-state index contributed by atoms with van der Waals surface area (Å²) in [7, 11) is 0. The van der Waals surface area contributed by atoms with Crippen LogP contribution in [0.15, 0.2) is 23.6 Å². The molecule has 0 unspecified atom stereocenters. The molecule has 2 aromatic heterocycles. The van der Waals surface area contributed by atoms with Crippen LogP contribution in [0.25, 0.3) is 10.4 Å². The van der Waals surface area contributed by atoms with Gasteiger partial charge in [-0.25, -0.2) is 0 Å². The molecule has 3 heteroatoms. The van der Waals surface area contributed by atoms with Gasteiger partial charge in [-0.05, 0) is 24.4 Å². The van der Waals surface area contributed by atoms with E-state index in [0.717, 1.165) is 4.34 Å². The van der Waals surface area contributed by atoms with Crippen molar-refractivity contribution < 1.29 is 0 Å².